The van der Waals surface area contributed by atoms with Crippen molar-refractivity contribution in [2.24, 2.45) is 5.92 Å². The number of likely N-dealkylation sites (tertiary alicyclic amines) is 1. The van der Waals surface area contributed by atoms with E-state index in [0.717, 1.165) is 19.3 Å². The van der Waals surface area contributed by atoms with Crippen LogP contribution in [0.1, 0.15) is 28.9 Å². The monoisotopic (exact) mass is 381 g/mol. The molecule has 1 saturated heterocycles. The summed E-state index contributed by atoms with van der Waals surface area (Å²) in [6.45, 7) is 1.30. The molecule has 138 valence electrons. The predicted octanol–water partition coefficient (Wildman–Crippen LogP) is 4.08. The van der Waals surface area contributed by atoms with Gasteiger partial charge in [-0.2, -0.15) is 0 Å². The third kappa shape index (κ3) is 3.60. The second-order valence-corrected chi connectivity index (χ2v) is 7.31. The molecule has 3 aromatic rings. The van der Waals surface area contributed by atoms with Crippen LogP contribution in [0.4, 0.5) is 0 Å². The van der Waals surface area contributed by atoms with Crippen LogP contribution < -0.4 is 0 Å². The molecular formula is C21H20ClN3O2. The minimum atomic E-state index is -0.292. The number of piperidine rings is 1. The maximum Gasteiger partial charge on any atom is 0.276 e. The summed E-state index contributed by atoms with van der Waals surface area (Å²) < 4.78 is 0. The minimum absolute atomic E-state index is 0.0217. The molecule has 1 fully saturated rings. The summed E-state index contributed by atoms with van der Waals surface area (Å²) in [7, 11) is 0. The number of aromatic nitrogens is 2. The van der Waals surface area contributed by atoms with Crippen LogP contribution >= 0.6 is 11.6 Å². The van der Waals surface area contributed by atoms with Gasteiger partial charge in [-0.25, -0.2) is 4.98 Å². The lowest BCUT2D eigenvalue weighted by atomic mass is 9.91. The van der Waals surface area contributed by atoms with Gasteiger partial charge in [0.05, 0.1) is 0 Å². The van der Waals surface area contributed by atoms with Crippen molar-refractivity contribution in [1.82, 2.24) is 14.9 Å². The van der Waals surface area contributed by atoms with Crippen molar-refractivity contribution in [3.05, 3.63) is 65.1 Å². The van der Waals surface area contributed by atoms with E-state index >= 15 is 0 Å². The molecule has 0 radical (unpaired) electrons. The number of aromatic hydroxyl groups is 1. The van der Waals surface area contributed by atoms with Gasteiger partial charge in [0.2, 0.25) is 0 Å². The molecule has 0 aliphatic carbocycles. The maximum absolute atomic E-state index is 13.0. The molecule has 1 aliphatic rings. The molecule has 0 saturated carbocycles. The molecule has 0 bridgehead atoms. The highest BCUT2D eigenvalue weighted by molar-refractivity contribution is 6.34. The van der Waals surface area contributed by atoms with Crippen molar-refractivity contribution >= 4 is 28.4 Å². The Morgan fingerprint density at radius 2 is 2.04 bits per heavy atom. The molecule has 1 atom stereocenters. The predicted molar refractivity (Wildman–Crippen MR) is 105 cm³/mol. The molecule has 1 unspecified atom stereocenters. The lowest BCUT2D eigenvalue weighted by Gasteiger charge is -2.33. The van der Waals surface area contributed by atoms with Crippen LogP contribution in [0.25, 0.3) is 10.9 Å². The molecule has 1 N–H and O–H groups in total. The van der Waals surface area contributed by atoms with Crippen molar-refractivity contribution in [2.45, 2.75) is 19.3 Å². The first kappa shape index (κ1) is 17.7. The van der Waals surface area contributed by atoms with Gasteiger partial charge < -0.3 is 10.0 Å². The van der Waals surface area contributed by atoms with Crippen LogP contribution in [-0.4, -0.2) is 39.0 Å². The third-order valence-electron chi connectivity index (χ3n) is 5.06. The number of pyridine rings is 2. The van der Waals surface area contributed by atoms with Gasteiger partial charge in [0.15, 0.2) is 11.4 Å². The zero-order valence-corrected chi connectivity index (χ0v) is 15.6. The van der Waals surface area contributed by atoms with Crippen molar-refractivity contribution in [2.75, 3.05) is 13.1 Å². The maximum atomic E-state index is 13.0. The number of hydrogen-bond donors (Lipinski definition) is 1. The number of benzene rings is 1. The summed E-state index contributed by atoms with van der Waals surface area (Å²) in [5.41, 5.74) is 1.56. The van der Waals surface area contributed by atoms with Gasteiger partial charge in [0.25, 0.3) is 5.91 Å². The molecule has 1 aromatic carbocycles. The van der Waals surface area contributed by atoms with Gasteiger partial charge in [-0.05, 0) is 42.9 Å². The number of fused-ring (bicyclic) bond motifs is 1. The van der Waals surface area contributed by atoms with Gasteiger partial charge in [0, 0.05) is 24.7 Å². The van der Waals surface area contributed by atoms with E-state index in [2.05, 4.69) is 22.1 Å². The van der Waals surface area contributed by atoms with Crippen molar-refractivity contribution in [3.8, 4) is 5.75 Å². The topological polar surface area (TPSA) is 66.3 Å². The Hall–Kier alpha value is -2.66. The summed E-state index contributed by atoms with van der Waals surface area (Å²) in [6, 6.07) is 13.7. The number of halogens is 1. The Balaban J connectivity index is 1.57. The second kappa shape index (κ2) is 7.53. The largest absolute Gasteiger partial charge is 0.504 e. The second-order valence-electron chi connectivity index (χ2n) is 6.95. The number of carbonyl (C=O) groups excluding carboxylic acids is 1. The van der Waals surface area contributed by atoms with E-state index < -0.39 is 0 Å². The summed E-state index contributed by atoms with van der Waals surface area (Å²) in [6.07, 6.45) is 4.51. The minimum Gasteiger partial charge on any atom is -0.504 e. The van der Waals surface area contributed by atoms with E-state index in [-0.39, 0.29) is 22.5 Å². The number of carbonyl (C=O) groups is 1. The average Bonchev–Trinajstić information content (AvgIpc) is 2.71. The molecular weight excluding hydrogens is 362 g/mol. The summed E-state index contributed by atoms with van der Waals surface area (Å²) in [4.78, 5) is 23.1. The van der Waals surface area contributed by atoms with E-state index in [0.29, 0.717) is 29.9 Å². The molecule has 6 heteroatoms. The van der Waals surface area contributed by atoms with E-state index in [1.807, 2.05) is 18.2 Å². The molecule has 2 aromatic heterocycles. The smallest absolute Gasteiger partial charge is 0.276 e. The number of amides is 1. The zero-order chi connectivity index (χ0) is 18.8. The SMILES string of the molecule is O=C(c1nc(Cl)c2cccnc2c1O)N1CCCC(Cc2ccccc2)C1. The van der Waals surface area contributed by atoms with E-state index in [9.17, 15) is 9.90 Å². The van der Waals surface area contributed by atoms with Crippen molar-refractivity contribution in [1.29, 1.82) is 0 Å². The number of rotatable bonds is 3. The molecule has 27 heavy (non-hydrogen) atoms. The van der Waals surface area contributed by atoms with Crippen LogP contribution in [0.3, 0.4) is 0 Å². The first-order chi connectivity index (χ1) is 13.1. The van der Waals surface area contributed by atoms with E-state index in [1.54, 1.807) is 23.2 Å². The normalized spacial score (nSPS) is 17.2. The van der Waals surface area contributed by atoms with Gasteiger partial charge in [-0.1, -0.05) is 41.9 Å². The Bertz CT molecular complexity index is 978. The van der Waals surface area contributed by atoms with Crippen LogP contribution in [0, 0.1) is 5.92 Å². The molecule has 3 heterocycles. The molecule has 1 aliphatic heterocycles. The van der Waals surface area contributed by atoms with Gasteiger partial charge in [0.1, 0.15) is 10.7 Å². The quantitative estimate of drug-likeness (QED) is 0.694. The van der Waals surface area contributed by atoms with Crippen molar-refractivity contribution in [3.63, 3.8) is 0 Å². The van der Waals surface area contributed by atoms with Gasteiger partial charge >= 0.3 is 0 Å². The van der Waals surface area contributed by atoms with Gasteiger partial charge in [-0.3, -0.25) is 9.78 Å². The number of nitrogens with zero attached hydrogens (tertiary/aromatic N) is 3. The molecule has 5 nitrogen and oxygen atoms in total. The fraction of sp³-hybridized carbons (Fsp3) is 0.286. The highest BCUT2D eigenvalue weighted by Crippen LogP contribution is 2.32. The fourth-order valence-electron chi connectivity index (χ4n) is 3.75. The fourth-order valence-corrected chi connectivity index (χ4v) is 3.98. The molecule has 0 spiro atoms. The van der Waals surface area contributed by atoms with E-state index in [4.69, 9.17) is 11.6 Å². The van der Waals surface area contributed by atoms with Gasteiger partial charge in [-0.15, -0.1) is 0 Å². The first-order valence-corrected chi connectivity index (χ1v) is 9.47. The highest BCUT2D eigenvalue weighted by atomic mass is 35.5. The number of hydrogen-bond acceptors (Lipinski definition) is 4. The Morgan fingerprint density at radius 1 is 1.22 bits per heavy atom. The zero-order valence-electron chi connectivity index (χ0n) is 14.8. The highest BCUT2D eigenvalue weighted by Gasteiger charge is 2.28. The lowest BCUT2D eigenvalue weighted by molar-refractivity contribution is 0.0664. The van der Waals surface area contributed by atoms with Crippen molar-refractivity contribution < 1.29 is 9.90 Å². The third-order valence-corrected chi connectivity index (χ3v) is 5.35. The first-order valence-electron chi connectivity index (χ1n) is 9.10. The Labute approximate surface area is 162 Å². The lowest BCUT2D eigenvalue weighted by Crippen LogP contribution is -2.40. The molecule has 1 amide bonds. The van der Waals surface area contributed by atoms with E-state index in [1.165, 1.54) is 5.56 Å². The Morgan fingerprint density at radius 3 is 2.85 bits per heavy atom. The van der Waals surface area contributed by atoms with Crippen LogP contribution in [0.15, 0.2) is 48.7 Å². The van der Waals surface area contributed by atoms with Crippen LogP contribution in [0.5, 0.6) is 5.75 Å². The Kier molecular flexibility index (Phi) is 4.94. The summed E-state index contributed by atoms with van der Waals surface area (Å²) >= 11 is 6.22. The average molecular weight is 382 g/mol. The van der Waals surface area contributed by atoms with Crippen LogP contribution in [-0.2, 0) is 6.42 Å². The summed E-state index contributed by atoms with van der Waals surface area (Å²) in [5, 5.41) is 11.3. The van der Waals surface area contributed by atoms with Crippen LogP contribution in [0.2, 0.25) is 5.15 Å². The summed E-state index contributed by atoms with van der Waals surface area (Å²) in [5.74, 6) is -0.105. The molecule has 4 rings (SSSR count). The standard InChI is InChI=1S/C21H20ClN3O2/c22-20-16-9-4-10-23-17(16)19(26)18(24-20)21(27)25-11-5-8-15(13-25)12-14-6-2-1-3-7-14/h1-4,6-7,9-10,15,26H,5,8,11-13H2.